The van der Waals surface area contributed by atoms with Crippen molar-refractivity contribution < 1.29 is 14.3 Å². The predicted molar refractivity (Wildman–Crippen MR) is 65.7 cm³/mol. The fourth-order valence-electron chi connectivity index (χ4n) is 1.62. The van der Waals surface area contributed by atoms with Gasteiger partial charge >= 0.3 is 0 Å². The highest BCUT2D eigenvalue weighted by molar-refractivity contribution is 5.89. The van der Waals surface area contributed by atoms with Crippen LogP contribution in [-0.2, 0) is 14.3 Å². The standard InChI is InChI=1S/C12H24N2O3/c1-3-16-9-7-14(8-10-17-4-2)11(15)12(13)5-6-12/h3-10,13H2,1-2H3. The van der Waals surface area contributed by atoms with Gasteiger partial charge in [0.05, 0.1) is 18.8 Å². The minimum atomic E-state index is -0.599. The smallest absolute Gasteiger partial charge is 0.242 e. The number of nitrogens with two attached hydrogens (primary N) is 1. The molecule has 0 bridgehead atoms. The average Bonchev–Trinajstić information content (AvgIpc) is 3.06. The molecule has 0 unspecified atom stereocenters. The molecule has 1 amide bonds. The van der Waals surface area contributed by atoms with Crippen LogP contribution in [0.4, 0.5) is 0 Å². The Labute approximate surface area is 103 Å². The second-order valence-corrected chi connectivity index (χ2v) is 4.34. The van der Waals surface area contributed by atoms with Crippen molar-refractivity contribution >= 4 is 5.91 Å². The van der Waals surface area contributed by atoms with Gasteiger partial charge in [-0.15, -0.1) is 0 Å². The van der Waals surface area contributed by atoms with Crippen molar-refractivity contribution in [1.29, 1.82) is 0 Å². The lowest BCUT2D eigenvalue weighted by atomic mass is 10.2. The number of nitrogens with zero attached hydrogens (tertiary/aromatic N) is 1. The Morgan fingerprint density at radius 1 is 1.18 bits per heavy atom. The summed E-state index contributed by atoms with van der Waals surface area (Å²) in [5.74, 6) is 0.0388. The molecule has 1 aliphatic rings. The van der Waals surface area contributed by atoms with E-state index in [0.717, 1.165) is 12.8 Å². The molecular formula is C12H24N2O3. The van der Waals surface area contributed by atoms with Gasteiger partial charge in [0.25, 0.3) is 0 Å². The summed E-state index contributed by atoms with van der Waals surface area (Å²) >= 11 is 0. The molecule has 0 aromatic heterocycles. The summed E-state index contributed by atoms with van der Waals surface area (Å²) in [6, 6.07) is 0. The molecule has 100 valence electrons. The summed E-state index contributed by atoms with van der Waals surface area (Å²) in [6.07, 6.45) is 1.59. The molecule has 0 aromatic carbocycles. The predicted octanol–water partition coefficient (Wildman–Crippen LogP) is 0.379. The van der Waals surface area contributed by atoms with Crippen LogP contribution < -0.4 is 5.73 Å². The van der Waals surface area contributed by atoms with Crippen LogP contribution in [0.15, 0.2) is 0 Å². The Kier molecular flexibility index (Phi) is 5.88. The molecule has 5 heteroatoms. The van der Waals surface area contributed by atoms with E-state index in [1.54, 1.807) is 4.90 Å². The first-order chi connectivity index (χ1) is 8.14. The van der Waals surface area contributed by atoms with Crippen LogP contribution >= 0.6 is 0 Å². The maximum absolute atomic E-state index is 12.1. The van der Waals surface area contributed by atoms with Gasteiger partial charge in [0.1, 0.15) is 0 Å². The van der Waals surface area contributed by atoms with Crippen molar-refractivity contribution in [2.45, 2.75) is 32.2 Å². The molecule has 2 N–H and O–H groups in total. The van der Waals surface area contributed by atoms with E-state index in [2.05, 4.69) is 0 Å². The number of hydrogen-bond acceptors (Lipinski definition) is 4. The van der Waals surface area contributed by atoms with Gasteiger partial charge in [0.2, 0.25) is 5.91 Å². The van der Waals surface area contributed by atoms with Gasteiger partial charge in [-0.05, 0) is 26.7 Å². The summed E-state index contributed by atoms with van der Waals surface area (Å²) in [6.45, 7) is 7.53. The summed E-state index contributed by atoms with van der Waals surface area (Å²) in [4.78, 5) is 13.9. The lowest BCUT2D eigenvalue weighted by molar-refractivity contribution is -0.135. The van der Waals surface area contributed by atoms with E-state index in [1.165, 1.54) is 0 Å². The summed E-state index contributed by atoms with van der Waals surface area (Å²) in [7, 11) is 0. The number of amides is 1. The molecule has 0 aliphatic heterocycles. The molecule has 0 aromatic rings. The lowest BCUT2D eigenvalue weighted by Gasteiger charge is -2.25. The highest BCUT2D eigenvalue weighted by Gasteiger charge is 2.47. The van der Waals surface area contributed by atoms with Crippen LogP contribution in [-0.4, -0.2) is 55.9 Å². The van der Waals surface area contributed by atoms with Crippen molar-refractivity contribution in [2.75, 3.05) is 39.5 Å². The van der Waals surface area contributed by atoms with E-state index in [-0.39, 0.29) is 5.91 Å². The molecule has 0 heterocycles. The van der Waals surface area contributed by atoms with E-state index >= 15 is 0 Å². The molecule has 1 rings (SSSR count). The van der Waals surface area contributed by atoms with Crippen LogP contribution in [0, 0.1) is 0 Å². The summed E-state index contributed by atoms with van der Waals surface area (Å²) < 4.78 is 10.6. The van der Waals surface area contributed by atoms with Crippen LogP contribution in [0.1, 0.15) is 26.7 Å². The maximum atomic E-state index is 12.1. The monoisotopic (exact) mass is 244 g/mol. The van der Waals surface area contributed by atoms with E-state index < -0.39 is 5.54 Å². The third-order valence-corrected chi connectivity index (χ3v) is 2.92. The minimum Gasteiger partial charge on any atom is -0.380 e. The number of hydrogen-bond donors (Lipinski definition) is 1. The third kappa shape index (κ3) is 4.61. The number of ether oxygens (including phenoxy) is 2. The van der Waals surface area contributed by atoms with Crippen LogP contribution in [0.2, 0.25) is 0 Å². The average molecular weight is 244 g/mol. The van der Waals surface area contributed by atoms with E-state index in [9.17, 15) is 4.79 Å². The zero-order chi connectivity index (χ0) is 12.7. The molecule has 1 saturated carbocycles. The maximum Gasteiger partial charge on any atom is 0.242 e. The molecule has 5 nitrogen and oxygen atoms in total. The normalized spacial score (nSPS) is 16.9. The Bertz CT molecular complexity index is 232. The molecular weight excluding hydrogens is 220 g/mol. The zero-order valence-corrected chi connectivity index (χ0v) is 10.9. The Balaban J connectivity index is 2.37. The van der Waals surface area contributed by atoms with Gasteiger partial charge in [-0.3, -0.25) is 4.79 Å². The number of carbonyl (C=O) groups is 1. The van der Waals surface area contributed by atoms with Crippen molar-refractivity contribution in [3.05, 3.63) is 0 Å². The second-order valence-electron chi connectivity index (χ2n) is 4.34. The summed E-state index contributed by atoms with van der Waals surface area (Å²) in [5.41, 5.74) is 5.33. The van der Waals surface area contributed by atoms with Gasteiger partial charge in [-0.25, -0.2) is 0 Å². The lowest BCUT2D eigenvalue weighted by Crippen LogP contribution is -2.48. The van der Waals surface area contributed by atoms with Crippen LogP contribution in [0.3, 0.4) is 0 Å². The van der Waals surface area contributed by atoms with Crippen molar-refractivity contribution in [1.82, 2.24) is 4.90 Å². The Morgan fingerprint density at radius 2 is 1.65 bits per heavy atom. The quantitative estimate of drug-likeness (QED) is 0.596. The topological polar surface area (TPSA) is 64.8 Å². The van der Waals surface area contributed by atoms with E-state index in [0.29, 0.717) is 39.5 Å². The fourth-order valence-corrected chi connectivity index (χ4v) is 1.62. The molecule has 0 radical (unpaired) electrons. The first-order valence-corrected chi connectivity index (χ1v) is 6.37. The zero-order valence-electron chi connectivity index (χ0n) is 10.9. The van der Waals surface area contributed by atoms with Gasteiger partial charge in [-0.2, -0.15) is 0 Å². The number of carbonyl (C=O) groups excluding carboxylic acids is 1. The SMILES string of the molecule is CCOCCN(CCOCC)C(=O)C1(N)CC1. The molecule has 1 aliphatic carbocycles. The van der Waals surface area contributed by atoms with Gasteiger partial charge in [0.15, 0.2) is 0 Å². The van der Waals surface area contributed by atoms with Crippen LogP contribution in [0.5, 0.6) is 0 Å². The Hall–Kier alpha value is -0.650. The Morgan fingerprint density at radius 3 is 2.00 bits per heavy atom. The van der Waals surface area contributed by atoms with Gasteiger partial charge in [0, 0.05) is 26.3 Å². The molecule has 0 atom stereocenters. The van der Waals surface area contributed by atoms with Crippen molar-refractivity contribution in [3.63, 3.8) is 0 Å². The second kappa shape index (κ2) is 6.93. The van der Waals surface area contributed by atoms with Gasteiger partial charge in [-0.1, -0.05) is 0 Å². The highest BCUT2D eigenvalue weighted by Crippen LogP contribution is 2.33. The third-order valence-electron chi connectivity index (χ3n) is 2.92. The highest BCUT2D eigenvalue weighted by atomic mass is 16.5. The minimum absolute atomic E-state index is 0.0388. The van der Waals surface area contributed by atoms with Crippen LogP contribution in [0.25, 0.3) is 0 Å². The first-order valence-electron chi connectivity index (χ1n) is 6.37. The summed E-state index contributed by atoms with van der Waals surface area (Å²) in [5, 5.41) is 0. The molecule has 0 saturated heterocycles. The van der Waals surface area contributed by atoms with Crippen molar-refractivity contribution in [3.8, 4) is 0 Å². The molecule has 1 fully saturated rings. The van der Waals surface area contributed by atoms with E-state index in [4.69, 9.17) is 15.2 Å². The first kappa shape index (κ1) is 14.4. The fraction of sp³-hybridized carbons (Fsp3) is 0.917. The molecule has 0 spiro atoms. The van der Waals surface area contributed by atoms with Gasteiger partial charge < -0.3 is 20.1 Å². The van der Waals surface area contributed by atoms with E-state index in [1.807, 2.05) is 13.8 Å². The number of rotatable bonds is 9. The van der Waals surface area contributed by atoms with Crippen molar-refractivity contribution in [2.24, 2.45) is 5.73 Å². The largest absolute Gasteiger partial charge is 0.380 e. The molecule has 17 heavy (non-hydrogen) atoms.